The minimum Gasteiger partial charge on any atom is -0.381 e. The summed E-state index contributed by atoms with van der Waals surface area (Å²) < 4.78 is 5.49. The van der Waals surface area contributed by atoms with Gasteiger partial charge in [0.1, 0.15) is 0 Å². The number of rotatable bonds is 2. The monoisotopic (exact) mass is 274 g/mol. The van der Waals surface area contributed by atoms with Crippen molar-refractivity contribution in [1.82, 2.24) is 5.32 Å². The van der Waals surface area contributed by atoms with Gasteiger partial charge in [0.25, 0.3) is 0 Å². The van der Waals surface area contributed by atoms with Gasteiger partial charge in [-0.2, -0.15) is 0 Å². The van der Waals surface area contributed by atoms with E-state index in [0.29, 0.717) is 0 Å². The van der Waals surface area contributed by atoms with Gasteiger partial charge in [-0.05, 0) is 44.2 Å². The first-order valence-electron chi connectivity index (χ1n) is 7.80. The molecule has 0 spiro atoms. The molecule has 2 aliphatic rings. The van der Waals surface area contributed by atoms with E-state index in [4.69, 9.17) is 4.74 Å². The molecule has 2 heterocycles. The van der Waals surface area contributed by atoms with Gasteiger partial charge in [-0.3, -0.25) is 0 Å². The third kappa shape index (κ3) is 3.15. The smallest absolute Gasteiger partial charge is 0.0469 e. The molecule has 2 aliphatic heterocycles. The van der Waals surface area contributed by atoms with Crippen LogP contribution in [0.25, 0.3) is 0 Å². The number of hydrogen-bond acceptors (Lipinski definition) is 3. The summed E-state index contributed by atoms with van der Waals surface area (Å²) in [6.07, 6.45) is 2.40. The zero-order valence-electron chi connectivity index (χ0n) is 12.7. The first kappa shape index (κ1) is 13.9. The van der Waals surface area contributed by atoms with Crippen molar-refractivity contribution < 1.29 is 4.74 Å². The SMILES string of the molecule is CC1(C)CN(CC2CCOCC2)c2ccccc2CN1. The van der Waals surface area contributed by atoms with Crippen molar-refractivity contribution in [1.29, 1.82) is 0 Å². The van der Waals surface area contributed by atoms with E-state index in [1.165, 1.54) is 24.1 Å². The molecule has 1 N–H and O–H groups in total. The van der Waals surface area contributed by atoms with Gasteiger partial charge in [-0.1, -0.05) is 18.2 Å². The predicted molar refractivity (Wildman–Crippen MR) is 83.1 cm³/mol. The van der Waals surface area contributed by atoms with Crippen molar-refractivity contribution >= 4 is 5.69 Å². The topological polar surface area (TPSA) is 24.5 Å². The largest absolute Gasteiger partial charge is 0.381 e. The van der Waals surface area contributed by atoms with Crippen molar-refractivity contribution in [3.63, 3.8) is 0 Å². The molecule has 0 atom stereocenters. The van der Waals surface area contributed by atoms with Gasteiger partial charge in [-0.15, -0.1) is 0 Å². The third-order valence-electron chi connectivity index (χ3n) is 4.50. The Labute approximate surface area is 122 Å². The lowest BCUT2D eigenvalue weighted by molar-refractivity contribution is 0.0680. The number of benzene rings is 1. The van der Waals surface area contributed by atoms with Gasteiger partial charge >= 0.3 is 0 Å². The summed E-state index contributed by atoms with van der Waals surface area (Å²) in [6.45, 7) is 9.66. The second-order valence-corrected chi connectivity index (χ2v) is 6.80. The van der Waals surface area contributed by atoms with E-state index >= 15 is 0 Å². The van der Waals surface area contributed by atoms with Crippen molar-refractivity contribution in [2.45, 2.75) is 38.8 Å². The fraction of sp³-hybridized carbons (Fsp3) is 0.647. The fourth-order valence-electron chi connectivity index (χ4n) is 3.33. The highest BCUT2D eigenvalue weighted by atomic mass is 16.5. The van der Waals surface area contributed by atoms with Gasteiger partial charge in [0.2, 0.25) is 0 Å². The zero-order valence-corrected chi connectivity index (χ0v) is 12.7. The summed E-state index contributed by atoms with van der Waals surface area (Å²) in [5.74, 6) is 0.769. The van der Waals surface area contributed by atoms with Crippen molar-refractivity contribution in [3.8, 4) is 0 Å². The summed E-state index contributed by atoms with van der Waals surface area (Å²) in [5.41, 5.74) is 2.99. The average molecular weight is 274 g/mol. The minimum atomic E-state index is 0.157. The molecule has 0 aliphatic carbocycles. The highest BCUT2D eigenvalue weighted by molar-refractivity contribution is 5.55. The molecule has 3 nitrogen and oxygen atoms in total. The standard InChI is InChI=1S/C17H26N2O/c1-17(2)13-19(12-14-7-9-20-10-8-14)16-6-4-3-5-15(16)11-18-17/h3-6,14,18H,7-13H2,1-2H3. The summed E-state index contributed by atoms with van der Waals surface area (Å²) in [4.78, 5) is 2.59. The molecule has 110 valence electrons. The maximum absolute atomic E-state index is 5.49. The second-order valence-electron chi connectivity index (χ2n) is 6.80. The number of fused-ring (bicyclic) bond motifs is 1. The summed E-state index contributed by atoms with van der Waals surface area (Å²) >= 11 is 0. The highest BCUT2D eigenvalue weighted by Crippen LogP contribution is 2.28. The Kier molecular flexibility index (Phi) is 3.99. The van der Waals surface area contributed by atoms with Crippen molar-refractivity contribution in [2.24, 2.45) is 5.92 Å². The lowest BCUT2D eigenvalue weighted by Gasteiger charge is -2.35. The minimum absolute atomic E-state index is 0.157. The summed E-state index contributed by atoms with van der Waals surface area (Å²) in [5, 5.41) is 3.68. The lowest BCUT2D eigenvalue weighted by Crippen LogP contribution is -2.48. The summed E-state index contributed by atoms with van der Waals surface area (Å²) in [6, 6.07) is 8.83. The van der Waals surface area contributed by atoms with Gasteiger partial charge < -0.3 is 15.0 Å². The molecular formula is C17H26N2O. The first-order valence-corrected chi connectivity index (χ1v) is 7.80. The fourth-order valence-corrected chi connectivity index (χ4v) is 3.33. The Balaban J connectivity index is 1.81. The molecular weight excluding hydrogens is 248 g/mol. The van der Waals surface area contributed by atoms with Crippen LogP contribution in [0.3, 0.4) is 0 Å². The molecule has 0 amide bonds. The highest BCUT2D eigenvalue weighted by Gasteiger charge is 2.28. The maximum Gasteiger partial charge on any atom is 0.0469 e. The van der Waals surface area contributed by atoms with Gasteiger partial charge in [0.15, 0.2) is 0 Å². The first-order chi connectivity index (χ1) is 9.64. The van der Waals surface area contributed by atoms with E-state index in [-0.39, 0.29) is 5.54 Å². The molecule has 0 radical (unpaired) electrons. The predicted octanol–water partition coefficient (Wildman–Crippen LogP) is 2.80. The molecule has 0 saturated carbocycles. The Bertz CT molecular complexity index is 452. The van der Waals surface area contributed by atoms with Gasteiger partial charge in [0.05, 0.1) is 0 Å². The number of ether oxygens (including phenoxy) is 1. The van der Waals surface area contributed by atoms with Crippen molar-refractivity contribution in [3.05, 3.63) is 29.8 Å². The van der Waals surface area contributed by atoms with Crippen LogP contribution in [0.4, 0.5) is 5.69 Å². The Morgan fingerprint density at radius 1 is 1.25 bits per heavy atom. The van der Waals surface area contributed by atoms with Crippen LogP contribution in [-0.4, -0.2) is 31.8 Å². The van der Waals surface area contributed by atoms with E-state index in [2.05, 4.69) is 48.3 Å². The van der Waals surface area contributed by atoms with Crippen LogP contribution in [0, 0.1) is 5.92 Å². The summed E-state index contributed by atoms with van der Waals surface area (Å²) in [7, 11) is 0. The lowest BCUT2D eigenvalue weighted by atomic mass is 9.98. The van der Waals surface area contributed by atoms with Gasteiger partial charge in [0, 0.05) is 44.1 Å². The quantitative estimate of drug-likeness (QED) is 0.897. The van der Waals surface area contributed by atoms with E-state index in [1.54, 1.807) is 0 Å². The van der Waals surface area contributed by atoms with Crippen LogP contribution in [0.5, 0.6) is 0 Å². The number of hydrogen-bond donors (Lipinski definition) is 1. The van der Waals surface area contributed by atoms with Gasteiger partial charge in [-0.25, -0.2) is 0 Å². The number of anilines is 1. The molecule has 20 heavy (non-hydrogen) atoms. The maximum atomic E-state index is 5.49. The Morgan fingerprint density at radius 2 is 2.00 bits per heavy atom. The van der Waals surface area contributed by atoms with Crippen LogP contribution >= 0.6 is 0 Å². The molecule has 0 aromatic heterocycles. The van der Waals surface area contributed by atoms with Crippen molar-refractivity contribution in [2.75, 3.05) is 31.2 Å². The number of nitrogens with zero attached hydrogens (tertiary/aromatic N) is 1. The third-order valence-corrected chi connectivity index (χ3v) is 4.50. The van der Waals surface area contributed by atoms with Crippen LogP contribution < -0.4 is 10.2 Å². The number of para-hydroxylation sites is 1. The molecule has 3 heteroatoms. The van der Waals surface area contributed by atoms with E-state index in [9.17, 15) is 0 Å². The van der Waals surface area contributed by atoms with E-state index < -0.39 is 0 Å². The molecule has 0 unspecified atom stereocenters. The number of nitrogens with one attached hydrogen (secondary N) is 1. The Hall–Kier alpha value is -1.06. The molecule has 3 rings (SSSR count). The van der Waals surface area contributed by atoms with Crippen LogP contribution in [-0.2, 0) is 11.3 Å². The average Bonchev–Trinajstić information content (AvgIpc) is 2.57. The molecule has 1 saturated heterocycles. The molecule has 0 bridgehead atoms. The zero-order chi connectivity index (χ0) is 14.0. The Morgan fingerprint density at radius 3 is 2.80 bits per heavy atom. The molecule has 1 aromatic rings. The van der Waals surface area contributed by atoms with E-state index in [0.717, 1.165) is 38.8 Å². The van der Waals surface area contributed by atoms with E-state index in [1.807, 2.05) is 0 Å². The normalized spacial score (nSPS) is 23.2. The van der Waals surface area contributed by atoms with Crippen LogP contribution in [0.2, 0.25) is 0 Å². The molecule has 1 fully saturated rings. The van der Waals surface area contributed by atoms with Crippen LogP contribution in [0.15, 0.2) is 24.3 Å². The van der Waals surface area contributed by atoms with Crippen LogP contribution in [0.1, 0.15) is 32.3 Å². The molecule has 1 aromatic carbocycles. The second kappa shape index (κ2) is 5.74.